The highest BCUT2D eigenvalue weighted by Crippen LogP contribution is 2.24. The van der Waals surface area contributed by atoms with E-state index in [1.165, 1.54) is 4.31 Å². The number of carbonyl (C=O) groups excluding carboxylic acids is 3. The molecular formula is C22H24FN3O6S. The molecule has 0 saturated carbocycles. The minimum atomic E-state index is -4.10. The van der Waals surface area contributed by atoms with Gasteiger partial charge >= 0.3 is 5.97 Å². The molecule has 2 aromatic rings. The molecule has 2 amide bonds. The van der Waals surface area contributed by atoms with Crippen LogP contribution in [0.5, 0.6) is 0 Å². The molecule has 1 fully saturated rings. The molecule has 1 aliphatic rings. The lowest BCUT2D eigenvalue weighted by Gasteiger charge is -2.26. The van der Waals surface area contributed by atoms with Gasteiger partial charge in [0.1, 0.15) is 10.7 Å². The van der Waals surface area contributed by atoms with Crippen molar-refractivity contribution in [3.05, 3.63) is 65.0 Å². The molecular weight excluding hydrogens is 453 g/mol. The first-order valence-corrected chi connectivity index (χ1v) is 11.7. The van der Waals surface area contributed by atoms with E-state index in [-0.39, 0.29) is 18.7 Å². The summed E-state index contributed by atoms with van der Waals surface area (Å²) in [4.78, 5) is 35.5. The van der Waals surface area contributed by atoms with Crippen molar-refractivity contribution in [3.8, 4) is 0 Å². The van der Waals surface area contributed by atoms with Gasteiger partial charge in [0, 0.05) is 18.7 Å². The van der Waals surface area contributed by atoms with Gasteiger partial charge in [-0.05, 0) is 50.1 Å². The van der Waals surface area contributed by atoms with Crippen LogP contribution in [0, 0.1) is 12.7 Å². The zero-order chi connectivity index (χ0) is 24.0. The minimum Gasteiger partial charge on any atom is -0.452 e. The summed E-state index contributed by atoms with van der Waals surface area (Å²) in [6, 6.07) is 9.49. The van der Waals surface area contributed by atoms with Crippen molar-refractivity contribution < 1.29 is 31.9 Å². The number of nitrogens with zero attached hydrogens (tertiary/aromatic N) is 1. The number of hydrazine groups is 1. The van der Waals surface area contributed by atoms with Crippen molar-refractivity contribution >= 4 is 27.8 Å². The van der Waals surface area contributed by atoms with Crippen molar-refractivity contribution in [1.82, 2.24) is 15.2 Å². The lowest BCUT2D eigenvalue weighted by Crippen LogP contribution is -2.43. The number of rotatable bonds is 6. The zero-order valence-corrected chi connectivity index (χ0v) is 18.8. The molecule has 1 saturated heterocycles. The van der Waals surface area contributed by atoms with E-state index in [2.05, 4.69) is 10.9 Å². The fourth-order valence-corrected chi connectivity index (χ4v) is 4.83. The first-order chi connectivity index (χ1) is 15.7. The normalized spacial score (nSPS) is 14.4. The van der Waals surface area contributed by atoms with Gasteiger partial charge in [-0.2, -0.15) is 4.31 Å². The number of sulfonamides is 1. The number of piperidine rings is 1. The zero-order valence-electron chi connectivity index (χ0n) is 18.0. The van der Waals surface area contributed by atoms with Crippen LogP contribution in [-0.4, -0.2) is 50.2 Å². The summed E-state index contributed by atoms with van der Waals surface area (Å²) in [5.41, 5.74) is 5.38. The van der Waals surface area contributed by atoms with E-state index < -0.39 is 45.1 Å². The van der Waals surface area contributed by atoms with Gasteiger partial charge in [0.15, 0.2) is 6.61 Å². The maximum atomic E-state index is 14.3. The molecule has 0 radical (unpaired) electrons. The van der Waals surface area contributed by atoms with Gasteiger partial charge in [-0.1, -0.05) is 24.1 Å². The Bertz CT molecular complexity index is 1150. The SMILES string of the molecule is Cc1ccc(C(=O)NNC(=O)COC(=O)c2ccc(F)c(S(=O)(=O)N3CCCCC3)c2)cc1. The van der Waals surface area contributed by atoms with Gasteiger partial charge < -0.3 is 4.74 Å². The summed E-state index contributed by atoms with van der Waals surface area (Å²) < 4.78 is 45.9. The first kappa shape index (κ1) is 24.3. The number of halogens is 1. The summed E-state index contributed by atoms with van der Waals surface area (Å²) in [7, 11) is -4.10. The van der Waals surface area contributed by atoms with Gasteiger partial charge in [0.25, 0.3) is 11.8 Å². The van der Waals surface area contributed by atoms with Gasteiger partial charge in [0.2, 0.25) is 10.0 Å². The van der Waals surface area contributed by atoms with Gasteiger partial charge in [-0.25, -0.2) is 17.6 Å². The summed E-state index contributed by atoms with van der Waals surface area (Å²) in [5.74, 6) is -3.35. The van der Waals surface area contributed by atoms with Gasteiger partial charge in [-0.15, -0.1) is 0 Å². The number of ether oxygens (including phenoxy) is 1. The van der Waals surface area contributed by atoms with E-state index in [0.717, 1.165) is 30.2 Å². The molecule has 33 heavy (non-hydrogen) atoms. The molecule has 3 rings (SSSR count). The Kier molecular flexibility index (Phi) is 7.77. The molecule has 0 atom stereocenters. The van der Waals surface area contributed by atoms with Crippen LogP contribution in [0.4, 0.5) is 4.39 Å². The summed E-state index contributed by atoms with van der Waals surface area (Å²) in [5, 5.41) is 0. The molecule has 0 aromatic heterocycles. The monoisotopic (exact) mass is 477 g/mol. The van der Waals surface area contributed by atoms with Crippen LogP contribution in [0.25, 0.3) is 0 Å². The second-order valence-electron chi connectivity index (χ2n) is 7.55. The smallest absolute Gasteiger partial charge is 0.338 e. The van der Waals surface area contributed by atoms with E-state index in [1.807, 2.05) is 6.92 Å². The van der Waals surface area contributed by atoms with Crippen molar-refractivity contribution in [2.24, 2.45) is 0 Å². The highest BCUT2D eigenvalue weighted by Gasteiger charge is 2.29. The molecule has 0 bridgehead atoms. The van der Waals surface area contributed by atoms with Crippen LogP contribution in [0.3, 0.4) is 0 Å². The molecule has 1 aliphatic heterocycles. The van der Waals surface area contributed by atoms with E-state index in [9.17, 15) is 27.2 Å². The number of carbonyl (C=O) groups is 3. The summed E-state index contributed by atoms with van der Waals surface area (Å²) in [6.07, 6.45) is 2.25. The highest BCUT2D eigenvalue weighted by atomic mass is 32.2. The number of aryl methyl sites for hydroxylation is 1. The summed E-state index contributed by atoms with van der Waals surface area (Å²) in [6.45, 7) is 1.69. The highest BCUT2D eigenvalue weighted by molar-refractivity contribution is 7.89. The second kappa shape index (κ2) is 10.5. The van der Waals surface area contributed by atoms with Crippen LogP contribution < -0.4 is 10.9 Å². The van der Waals surface area contributed by atoms with Crippen molar-refractivity contribution in [3.63, 3.8) is 0 Å². The third-order valence-electron chi connectivity index (χ3n) is 5.06. The number of amides is 2. The van der Waals surface area contributed by atoms with Crippen LogP contribution in [0.15, 0.2) is 47.4 Å². The molecule has 0 unspecified atom stereocenters. The standard InChI is InChI=1S/C22H24FN3O6S/c1-15-5-7-16(8-6-15)21(28)25-24-20(27)14-32-22(29)17-9-10-18(23)19(13-17)33(30,31)26-11-3-2-4-12-26/h5-10,13H,2-4,11-12,14H2,1H3,(H,24,27)(H,25,28). The number of hydrogen-bond donors (Lipinski definition) is 2. The van der Waals surface area contributed by atoms with Gasteiger partial charge in [-0.3, -0.25) is 20.4 Å². The third kappa shape index (κ3) is 6.14. The third-order valence-corrected chi connectivity index (χ3v) is 6.98. The second-order valence-corrected chi connectivity index (χ2v) is 9.46. The lowest BCUT2D eigenvalue weighted by molar-refractivity contribution is -0.125. The number of nitrogens with one attached hydrogen (secondary N) is 2. The molecule has 2 aromatic carbocycles. The molecule has 0 aliphatic carbocycles. The van der Waals surface area contributed by atoms with E-state index in [1.54, 1.807) is 24.3 Å². The Morgan fingerprint density at radius 2 is 1.61 bits per heavy atom. The first-order valence-electron chi connectivity index (χ1n) is 10.3. The molecule has 2 N–H and O–H groups in total. The molecule has 9 nitrogen and oxygen atoms in total. The molecule has 0 spiro atoms. The van der Waals surface area contributed by atoms with Crippen LogP contribution >= 0.6 is 0 Å². The van der Waals surface area contributed by atoms with Gasteiger partial charge in [0.05, 0.1) is 5.56 Å². The Hall–Kier alpha value is -3.31. The maximum absolute atomic E-state index is 14.3. The minimum absolute atomic E-state index is 0.219. The lowest BCUT2D eigenvalue weighted by atomic mass is 10.1. The van der Waals surface area contributed by atoms with Crippen LogP contribution in [0.1, 0.15) is 45.5 Å². The Morgan fingerprint density at radius 1 is 0.970 bits per heavy atom. The molecule has 1 heterocycles. The maximum Gasteiger partial charge on any atom is 0.338 e. The van der Waals surface area contributed by atoms with Crippen molar-refractivity contribution in [2.75, 3.05) is 19.7 Å². The van der Waals surface area contributed by atoms with Crippen molar-refractivity contribution in [1.29, 1.82) is 0 Å². The van der Waals surface area contributed by atoms with Crippen LogP contribution in [0.2, 0.25) is 0 Å². The van der Waals surface area contributed by atoms with Crippen molar-refractivity contribution in [2.45, 2.75) is 31.1 Å². The van der Waals surface area contributed by atoms with Crippen LogP contribution in [-0.2, 0) is 19.6 Å². The Balaban J connectivity index is 1.57. The van der Waals surface area contributed by atoms with E-state index in [4.69, 9.17) is 4.74 Å². The summed E-state index contributed by atoms with van der Waals surface area (Å²) >= 11 is 0. The average Bonchev–Trinajstić information content (AvgIpc) is 2.82. The quantitative estimate of drug-likeness (QED) is 0.484. The predicted molar refractivity (Wildman–Crippen MR) is 116 cm³/mol. The number of hydrogen-bond acceptors (Lipinski definition) is 6. The predicted octanol–water partition coefficient (Wildman–Crippen LogP) is 1.93. The Morgan fingerprint density at radius 3 is 2.27 bits per heavy atom. The fourth-order valence-electron chi connectivity index (χ4n) is 3.23. The fraction of sp³-hybridized carbons (Fsp3) is 0.318. The van der Waals surface area contributed by atoms with E-state index >= 15 is 0 Å². The average molecular weight is 478 g/mol. The number of benzene rings is 2. The number of esters is 1. The van der Waals surface area contributed by atoms with E-state index in [0.29, 0.717) is 18.4 Å². The Labute approximate surface area is 190 Å². The topological polar surface area (TPSA) is 122 Å². The molecule has 176 valence electrons. The molecule has 11 heteroatoms. The largest absolute Gasteiger partial charge is 0.452 e.